The number of fused-ring (bicyclic) bond motifs is 1. The quantitative estimate of drug-likeness (QED) is 0.692. The fourth-order valence-corrected chi connectivity index (χ4v) is 2.45. The second-order valence-corrected chi connectivity index (χ2v) is 4.19. The van der Waals surface area contributed by atoms with Gasteiger partial charge in [-0.05, 0) is 43.2 Å². The molecule has 1 N–H and O–H groups in total. The van der Waals surface area contributed by atoms with Gasteiger partial charge in [0.2, 0.25) is 0 Å². The topological polar surface area (TPSA) is 23.8 Å². The molecular formula is C13H18AcN-. The Bertz CT molecular complexity index is 334. The summed E-state index contributed by atoms with van der Waals surface area (Å²) < 4.78 is 0. The van der Waals surface area contributed by atoms with E-state index < -0.39 is 0 Å². The molecule has 1 aliphatic rings. The fourth-order valence-electron chi connectivity index (χ4n) is 2.45. The van der Waals surface area contributed by atoms with Crippen LogP contribution in [0.2, 0.25) is 0 Å². The first-order valence-corrected chi connectivity index (χ1v) is 5.68. The van der Waals surface area contributed by atoms with Gasteiger partial charge in [-0.15, -0.1) is 5.69 Å². The van der Waals surface area contributed by atoms with Gasteiger partial charge in [0.25, 0.3) is 0 Å². The van der Waals surface area contributed by atoms with Gasteiger partial charge >= 0.3 is 0 Å². The average Bonchev–Trinajstić information content (AvgIpc) is 2.23. The first kappa shape index (κ1) is 13.5. The summed E-state index contributed by atoms with van der Waals surface area (Å²) >= 11 is 0. The molecule has 0 aromatic heterocycles. The molecule has 0 fully saturated rings. The molecule has 2 rings (SSSR count). The summed E-state index contributed by atoms with van der Waals surface area (Å²) in [4.78, 5) is 0. The smallest absolute Gasteiger partial charge is 0 e. The van der Waals surface area contributed by atoms with Crippen LogP contribution in [0.15, 0.2) is 12.1 Å². The zero-order chi connectivity index (χ0) is 9.97. The van der Waals surface area contributed by atoms with E-state index in [1.54, 1.807) is 0 Å². The van der Waals surface area contributed by atoms with Crippen LogP contribution in [0, 0.1) is 44.1 Å². The molecule has 1 radical (unpaired) electrons. The third kappa shape index (κ3) is 2.98. The van der Waals surface area contributed by atoms with Crippen molar-refractivity contribution < 1.29 is 44.1 Å². The summed E-state index contributed by atoms with van der Waals surface area (Å²) in [5.74, 6) is 0. The molecule has 0 saturated heterocycles. The van der Waals surface area contributed by atoms with E-state index in [4.69, 9.17) is 5.73 Å². The number of hydrogen-bond donors (Lipinski definition) is 0. The van der Waals surface area contributed by atoms with Crippen LogP contribution in [0.25, 0.3) is 5.73 Å². The van der Waals surface area contributed by atoms with Crippen LogP contribution >= 0.6 is 0 Å². The summed E-state index contributed by atoms with van der Waals surface area (Å²) in [5.41, 5.74) is 13.0. The Morgan fingerprint density at radius 1 is 1.13 bits per heavy atom. The molecule has 79 valence electrons. The van der Waals surface area contributed by atoms with E-state index in [0.717, 1.165) is 12.1 Å². The van der Waals surface area contributed by atoms with Gasteiger partial charge in [0.15, 0.2) is 0 Å². The van der Waals surface area contributed by atoms with Gasteiger partial charge in [-0.2, -0.15) is 0 Å². The molecule has 0 aliphatic heterocycles. The van der Waals surface area contributed by atoms with Crippen LogP contribution in [0.1, 0.15) is 42.9 Å². The molecule has 0 bridgehead atoms. The Morgan fingerprint density at radius 3 is 2.47 bits per heavy atom. The van der Waals surface area contributed by atoms with Crippen molar-refractivity contribution in [3.63, 3.8) is 0 Å². The van der Waals surface area contributed by atoms with E-state index >= 15 is 0 Å². The Labute approximate surface area is 128 Å². The minimum atomic E-state index is 0. The van der Waals surface area contributed by atoms with Crippen molar-refractivity contribution in [3.05, 3.63) is 34.6 Å². The van der Waals surface area contributed by atoms with Gasteiger partial charge in [0.05, 0.1) is 0 Å². The van der Waals surface area contributed by atoms with Crippen molar-refractivity contribution in [2.45, 2.75) is 45.4 Å². The van der Waals surface area contributed by atoms with Crippen LogP contribution in [0.4, 0.5) is 5.69 Å². The summed E-state index contributed by atoms with van der Waals surface area (Å²) in [6, 6.07) is 4.14. The predicted octanol–water partition coefficient (Wildman–Crippen LogP) is 4.20. The van der Waals surface area contributed by atoms with E-state index in [0.29, 0.717) is 0 Å². The molecule has 0 atom stereocenters. The summed E-state index contributed by atoms with van der Waals surface area (Å²) in [5, 5.41) is 0. The van der Waals surface area contributed by atoms with Crippen LogP contribution in [-0.2, 0) is 19.3 Å². The minimum absolute atomic E-state index is 0. The second-order valence-electron chi connectivity index (χ2n) is 4.19. The number of benzene rings is 1. The van der Waals surface area contributed by atoms with Crippen molar-refractivity contribution in [3.8, 4) is 0 Å². The molecular weight excluding hydrogens is 397 g/mol. The maximum absolute atomic E-state index is 7.88. The molecule has 0 saturated carbocycles. The van der Waals surface area contributed by atoms with Gasteiger partial charge in [-0.1, -0.05) is 31.0 Å². The van der Waals surface area contributed by atoms with E-state index in [9.17, 15) is 0 Å². The normalized spacial score (nSPS) is 14.2. The summed E-state index contributed by atoms with van der Waals surface area (Å²) in [7, 11) is 0. The Hall–Kier alpha value is 0.462. The molecule has 0 spiro atoms. The van der Waals surface area contributed by atoms with Crippen molar-refractivity contribution in [2.24, 2.45) is 0 Å². The van der Waals surface area contributed by atoms with E-state index in [1.807, 2.05) is 6.07 Å². The van der Waals surface area contributed by atoms with Crippen LogP contribution in [-0.4, -0.2) is 0 Å². The predicted molar refractivity (Wildman–Crippen MR) is 61.1 cm³/mol. The van der Waals surface area contributed by atoms with Crippen molar-refractivity contribution in [2.75, 3.05) is 0 Å². The van der Waals surface area contributed by atoms with E-state index in [-0.39, 0.29) is 44.1 Å². The Balaban J connectivity index is 0.00000112. The fraction of sp³-hybridized carbons (Fsp3) is 0.538. The van der Waals surface area contributed by atoms with Crippen LogP contribution in [0.3, 0.4) is 0 Å². The van der Waals surface area contributed by atoms with Gasteiger partial charge < -0.3 is 5.73 Å². The van der Waals surface area contributed by atoms with Crippen LogP contribution in [0.5, 0.6) is 0 Å². The largest absolute Gasteiger partial charge is 0.698 e. The van der Waals surface area contributed by atoms with Crippen molar-refractivity contribution in [1.82, 2.24) is 0 Å². The average molecular weight is 415 g/mol. The summed E-state index contributed by atoms with van der Waals surface area (Å²) in [6.45, 7) is 2.23. The number of aryl methyl sites for hydroxylation is 1. The monoisotopic (exact) mass is 415 g/mol. The molecule has 1 aromatic rings. The Kier molecular flexibility index (Phi) is 5.64. The molecule has 0 amide bonds. The van der Waals surface area contributed by atoms with Crippen molar-refractivity contribution in [1.29, 1.82) is 0 Å². The van der Waals surface area contributed by atoms with Crippen LogP contribution < -0.4 is 0 Å². The standard InChI is InChI=1S/C13H18N.Ac/c1-2-5-10-8-9-13(14)12-7-4-3-6-11(10)12;/h8-9,14H,2-7H2,1H3;/q-1;. The second kappa shape index (κ2) is 6.26. The van der Waals surface area contributed by atoms with Gasteiger partial charge in [-0.25, -0.2) is 0 Å². The van der Waals surface area contributed by atoms with Gasteiger partial charge in [0.1, 0.15) is 0 Å². The zero-order valence-corrected chi connectivity index (χ0v) is 14.2. The SMILES string of the molecule is CCCc1ccc([NH-])c2c1CCCC2.[Ac]. The molecule has 1 aromatic carbocycles. The molecule has 15 heavy (non-hydrogen) atoms. The first-order chi connectivity index (χ1) is 6.83. The third-order valence-corrected chi connectivity index (χ3v) is 3.15. The molecule has 0 unspecified atom stereocenters. The molecule has 2 heteroatoms. The van der Waals surface area contributed by atoms with E-state index in [1.165, 1.54) is 48.8 Å². The maximum atomic E-state index is 7.88. The number of hydrogen-bond acceptors (Lipinski definition) is 0. The van der Waals surface area contributed by atoms with Crippen molar-refractivity contribution >= 4 is 5.69 Å². The Morgan fingerprint density at radius 2 is 1.80 bits per heavy atom. The zero-order valence-electron chi connectivity index (χ0n) is 9.47. The number of nitrogens with one attached hydrogen (secondary N) is 1. The molecule has 0 heterocycles. The summed E-state index contributed by atoms with van der Waals surface area (Å²) in [6.07, 6.45) is 7.32. The molecule has 1 nitrogen and oxygen atoms in total. The third-order valence-electron chi connectivity index (χ3n) is 3.15. The number of rotatable bonds is 2. The van der Waals surface area contributed by atoms with E-state index in [2.05, 4.69) is 13.0 Å². The first-order valence-electron chi connectivity index (χ1n) is 5.68. The maximum Gasteiger partial charge on any atom is 0 e. The van der Waals surface area contributed by atoms with Gasteiger partial charge in [0, 0.05) is 44.1 Å². The molecule has 1 aliphatic carbocycles. The minimum Gasteiger partial charge on any atom is -0.698 e. The van der Waals surface area contributed by atoms with Gasteiger partial charge in [-0.3, -0.25) is 0 Å².